The molecule has 0 spiro atoms. The summed E-state index contributed by atoms with van der Waals surface area (Å²) in [6, 6.07) is 8.85. The Labute approximate surface area is 91.7 Å². The lowest BCUT2D eigenvalue weighted by Gasteiger charge is -1.99. The Bertz CT molecular complexity index is 578. The first-order valence-corrected chi connectivity index (χ1v) is 4.53. The number of benzene rings is 1. The number of rotatable bonds is 1. The number of aliphatic imine (C=N–C) groups is 1. The molecule has 1 heterocycles. The summed E-state index contributed by atoms with van der Waals surface area (Å²) >= 11 is 0. The van der Waals surface area contributed by atoms with Crippen molar-refractivity contribution in [2.24, 2.45) is 16.5 Å². The average Bonchev–Trinajstić information content (AvgIpc) is 2.58. The van der Waals surface area contributed by atoms with Crippen molar-refractivity contribution < 1.29 is 4.79 Å². The van der Waals surface area contributed by atoms with Crippen LogP contribution in [0.5, 0.6) is 0 Å². The predicted molar refractivity (Wildman–Crippen MR) is 58.9 cm³/mol. The van der Waals surface area contributed by atoms with Crippen molar-refractivity contribution in [1.82, 2.24) is 0 Å². The van der Waals surface area contributed by atoms with Crippen LogP contribution in [0.4, 0.5) is 0 Å². The summed E-state index contributed by atoms with van der Waals surface area (Å²) in [7, 11) is 0. The highest BCUT2D eigenvalue weighted by atomic mass is 16.1. The van der Waals surface area contributed by atoms with Gasteiger partial charge in [0.15, 0.2) is 0 Å². The Hall–Kier alpha value is -2.61. The average molecular weight is 212 g/mol. The van der Waals surface area contributed by atoms with Crippen LogP contribution >= 0.6 is 0 Å². The van der Waals surface area contributed by atoms with E-state index in [0.29, 0.717) is 17.0 Å². The molecule has 0 saturated heterocycles. The first-order chi connectivity index (χ1) is 7.65. The van der Waals surface area contributed by atoms with E-state index in [1.807, 2.05) is 0 Å². The van der Waals surface area contributed by atoms with Crippen molar-refractivity contribution in [2.75, 3.05) is 0 Å². The summed E-state index contributed by atoms with van der Waals surface area (Å²) in [5, 5.41) is 8.85. The third-order valence-corrected chi connectivity index (χ3v) is 2.29. The van der Waals surface area contributed by atoms with Gasteiger partial charge in [-0.15, -0.1) is 0 Å². The number of carbonyl (C=O) groups excluding carboxylic acids is 1. The van der Waals surface area contributed by atoms with E-state index >= 15 is 0 Å². The van der Waals surface area contributed by atoms with Crippen LogP contribution in [0.2, 0.25) is 0 Å². The minimum Gasteiger partial charge on any atom is -0.383 e. The Morgan fingerprint density at radius 3 is 2.50 bits per heavy atom. The maximum atomic E-state index is 11.1. The van der Waals surface area contributed by atoms with Gasteiger partial charge >= 0.3 is 0 Å². The molecular weight excluding hydrogens is 204 g/mol. The molecule has 0 radical (unpaired) electrons. The van der Waals surface area contributed by atoms with Gasteiger partial charge in [0.25, 0.3) is 5.91 Å². The van der Waals surface area contributed by atoms with Gasteiger partial charge in [0, 0.05) is 11.1 Å². The number of amides is 1. The van der Waals surface area contributed by atoms with Crippen molar-refractivity contribution in [2.45, 2.75) is 0 Å². The fourth-order valence-corrected chi connectivity index (χ4v) is 1.57. The van der Waals surface area contributed by atoms with Crippen LogP contribution in [0.25, 0.3) is 5.70 Å². The second-order valence-electron chi connectivity index (χ2n) is 3.24. The van der Waals surface area contributed by atoms with Gasteiger partial charge in [-0.1, -0.05) is 24.3 Å². The number of nitrogens with zero attached hydrogens (tertiary/aromatic N) is 2. The van der Waals surface area contributed by atoms with Crippen LogP contribution in [0, 0.1) is 11.3 Å². The molecule has 1 aliphatic heterocycles. The third-order valence-electron chi connectivity index (χ3n) is 2.29. The maximum Gasteiger partial charge on any atom is 0.261 e. The van der Waals surface area contributed by atoms with Crippen molar-refractivity contribution in [3.63, 3.8) is 0 Å². The monoisotopic (exact) mass is 212 g/mol. The number of carbonyl (C=O) groups is 1. The first kappa shape index (κ1) is 9.93. The van der Waals surface area contributed by atoms with Gasteiger partial charge in [-0.2, -0.15) is 5.26 Å². The van der Waals surface area contributed by atoms with E-state index in [-0.39, 0.29) is 11.3 Å². The highest BCUT2D eigenvalue weighted by Gasteiger charge is 2.23. The number of primary amides is 1. The van der Waals surface area contributed by atoms with Crippen molar-refractivity contribution >= 4 is 17.4 Å². The van der Waals surface area contributed by atoms with E-state index in [1.165, 1.54) is 0 Å². The van der Waals surface area contributed by atoms with Crippen LogP contribution in [0.15, 0.2) is 34.8 Å². The summed E-state index contributed by atoms with van der Waals surface area (Å²) in [4.78, 5) is 15.1. The fourth-order valence-electron chi connectivity index (χ4n) is 1.57. The number of nitriles is 1. The smallest absolute Gasteiger partial charge is 0.261 e. The standard InChI is InChI=1S/C11H8N4O/c12-5-8(11(14)16)9-6-3-1-2-4-7(6)10(13)15-9/h1-4H,(H2,13,15)(H2,14,16)/b9-8+. The number of fused-ring (bicyclic) bond motifs is 1. The van der Waals surface area contributed by atoms with Crippen molar-refractivity contribution in [3.05, 3.63) is 41.0 Å². The molecule has 2 rings (SSSR count). The van der Waals surface area contributed by atoms with E-state index in [9.17, 15) is 4.79 Å². The number of hydrogen-bond donors (Lipinski definition) is 2. The molecule has 0 aromatic heterocycles. The van der Waals surface area contributed by atoms with Crippen molar-refractivity contribution in [1.29, 1.82) is 5.26 Å². The van der Waals surface area contributed by atoms with Gasteiger partial charge in [-0.05, 0) is 0 Å². The summed E-state index contributed by atoms with van der Waals surface area (Å²) in [6.07, 6.45) is 0. The normalized spacial score (nSPS) is 16.1. The molecule has 1 aromatic carbocycles. The molecule has 5 heteroatoms. The summed E-state index contributed by atoms with van der Waals surface area (Å²) in [5.74, 6) is -0.509. The lowest BCUT2D eigenvalue weighted by atomic mass is 10.0. The predicted octanol–water partition coefficient (Wildman–Crippen LogP) is 0.125. The molecule has 1 aliphatic rings. The van der Waals surface area contributed by atoms with Gasteiger partial charge in [-0.3, -0.25) is 4.79 Å². The quantitative estimate of drug-likeness (QED) is 0.510. The van der Waals surface area contributed by atoms with E-state index in [0.717, 1.165) is 0 Å². The molecule has 0 saturated carbocycles. The first-order valence-electron chi connectivity index (χ1n) is 4.53. The molecule has 16 heavy (non-hydrogen) atoms. The fraction of sp³-hybridized carbons (Fsp3) is 0. The molecule has 1 aromatic rings. The zero-order chi connectivity index (χ0) is 11.7. The minimum atomic E-state index is -0.800. The third kappa shape index (κ3) is 1.33. The number of amidine groups is 1. The number of nitrogens with two attached hydrogens (primary N) is 2. The Morgan fingerprint density at radius 2 is 1.94 bits per heavy atom. The van der Waals surface area contributed by atoms with E-state index in [2.05, 4.69) is 4.99 Å². The van der Waals surface area contributed by atoms with Crippen molar-refractivity contribution in [3.8, 4) is 6.07 Å². The largest absolute Gasteiger partial charge is 0.383 e. The van der Waals surface area contributed by atoms with E-state index < -0.39 is 5.91 Å². The molecule has 1 amide bonds. The highest BCUT2D eigenvalue weighted by Crippen LogP contribution is 2.29. The second-order valence-corrected chi connectivity index (χ2v) is 3.24. The lowest BCUT2D eigenvalue weighted by molar-refractivity contribution is -0.114. The topological polar surface area (TPSA) is 105 Å². The van der Waals surface area contributed by atoms with E-state index in [4.69, 9.17) is 16.7 Å². The molecule has 0 bridgehead atoms. The maximum absolute atomic E-state index is 11.1. The summed E-state index contributed by atoms with van der Waals surface area (Å²) in [6.45, 7) is 0. The molecule has 0 fully saturated rings. The van der Waals surface area contributed by atoms with Gasteiger partial charge in [0.05, 0.1) is 5.70 Å². The summed E-state index contributed by atoms with van der Waals surface area (Å²) < 4.78 is 0. The minimum absolute atomic E-state index is 0.173. The molecule has 4 N–H and O–H groups in total. The van der Waals surface area contributed by atoms with Crippen LogP contribution < -0.4 is 11.5 Å². The van der Waals surface area contributed by atoms with E-state index in [1.54, 1.807) is 30.3 Å². The Morgan fingerprint density at radius 1 is 1.31 bits per heavy atom. The summed E-state index contributed by atoms with van der Waals surface area (Å²) in [5.41, 5.74) is 12.2. The molecular formula is C11H8N4O. The van der Waals surface area contributed by atoms with Gasteiger partial charge in [0.2, 0.25) is 0 Å². The van der Waals surface area contributed by atoms with Gasteiger partial charge in [-0.25, -0.2) is 4.99 Å². The molecule has 0 unspecified atom stereocenters. The Balaban J connectivity index is 2.73. The zero-order valence-electron chi connectivity index (χ0n) is 8.27. The van der Waals surface area contributed by atoms with Crippen LogP contribution in [0.1, 0.15) is 11.1 Å². The molecule has 78 valence electrons. The molecule has 0 aliphatic carbocycles. The lowest BCUT2D eigenvalue weighted by Crippen LogP contribution is -2.13. The van der Waals surface area contributed by atoms with Gasteiger partial charge in [0.1, 0.15) is 17.5 Å². The number of hydrogen-bond acceptors (Lipinski definition) is 4. The van der Waals surface area contributed by atoms with Crippen LogP contribution in [-0.2, 0) is 4.79 Å². The highest BCUT2D eigenvalue weighted by molar-refractivity contribution is 6.14. The van der Waals surface area contributed by atoms with Gasteiger partial charge < -0.3 is 11.5 Å². The molecule has 5 nitrogen and oxygen atoms in total. The second kappa shape index (κ2) is 3.51. The molecule has 0 atom stereocenters. The Kier molecular flexibility index (Phi) is 2.18. The van der Waals surface area contributed by atoms with Crippen LogP contribution in [0.3, 0.4) is 0 Å². The van der Waals surface area contributed by atoms with Crippen LogP contribution in [-0.4, -0.2) is 11.7 Å². The zero-order valence-corrected chi connectivity index (χ0v) is 8.27. The SMILES string of the molecule is N#C/C(C(N)=O)=C1\N=C(N)c2ccccc21.